The highest BCUT2D eigenvalue weighted by Gasteiger charge is 2.33. The number of carbonyl (C=O) groups excluding carboxylic acids is 6. The van der Waals surface area contributed by atoms with Gasteiger partial charge in [-0.05, 0) is 43.6 Å². The molecule has 1 aromatic carbocycles. The highest BCUT2D eigenvalue weighted by Crippen LogP contribution is 2.09. The number of nitrogens with one attached hydrogen (secondary N) is 6. The summed E-state index contributed by atoms with van der Waals surface area (Å²) >= 11 is 0. The second kappa shape index (κ2) is 19.7. The number of nitrogens with two attached hydrogens (primary N) is 2. The maximum atomic E-state index is 13.7. The third kappa shape index (κ3) is 14.3. The number of hydrogen-bond acceptors (Lipinski definition) is 8. The summed E-state index contributed by atoms with van der Waals surface area (Å²) in [6, 6.07) is 3.37. The standard InChI is InChI=1S/C30H41N9O8/c1-2-23(40)33-13-7-6-11-20-27(45)37-19(12-8-14-34-30(31)32)26(44)35-17-24(41)36-22(16-25(42)43)29(47)39-21(28(46)38-20)15-18-9-4-3-5-10-18/h1,3-5,9-10,19-22H,6-8,11-17H2,(H,33,40)(H,35,44)(H,36,41)(H,37,45)(H,38,46)(H,39,47)(H,42,43)(H4,31,32,34)/t19-,20+,21+,22+/m1/s1. The molecule has 17 heteroatoms. The molecule has 6 amide bonds. The van der Waals surface area contributed by atoms with Crippen LogP contribution < -0.4 is 43.4 Å². The second-order valence-electron chi connectivity index (χ2n) is 10.7. The summed E-state index contributed by atoms with van der Waals surface area (Å²) in [5.41, 5.74) is 11.4. The Morgan fingerprint density at radius 3 is 2.09 bits per heavy atom. The first-order valence-corrected chi connectivity index (χ1v) is 14.9. The lowest BCUT2D eigenvalue weighted by Gasteiger charge is -2.26. The number of aliphatic imine (C=N–C) groups is 1. The van der Waals surface area contributed by atoms with E-state index >= 15 is 0 Å². The maximum absolute atomic E-state index is 13.7. The van der Waals surface area contributed by atoms with E-state index in [1.165, 1.54) is 0 Å². The van der Waals surface area contributed by atoms with Crippen LogP contribution in [0.5, 0.6) is 0 Å². The van der Waals surface area contributed by atoms with Gasteiger partial charge in [0.15, 0.2) is 5.96 Å². The molecule has 254 valence electrons. The molecule has 2 rings (SSSR count). The van der Waals surface area contributed by atoms with Crippen LogP contribution in [0.1, 0.15) is 44.1 Å². The minimum Gasteiger partial charge on any atom is -0.481 e. The van der Waals surface area contributed by atoms with Gasteiger partial charge in [0.1, 0.15) is 24.2 Å². The number of nitrogens with zero attached hydrogens (tertiary/aromatic N) is 1. The quantitative estimate of drug-likeness (QED) is 0.0443. The summed E-state index contributed by atoms with van der Waals surface area (Å²) in [5, 5.41) is 24.3. The Balaban J connectivity index is 2.43. The van der Waals surface area contributed by atoms with E-state index in [4.69, 9.17) is 17.9 Å². The van der Waals surface area contributed by atoms with E-state index in [1.54, 1.807) is 30.3 Å². The van der Waals surface area contributed by atoms with Crippen LogP contribution in [0.15, 0.2) is 35.3 Å². The van der Waals surface area contributed by atoms with Crippen LogP contribution in [0.4, 0.5) is 0 Å². The molecular formula is C30H41N9O8. The molecule has 4 atom stereocenters. The Morgan fingerprint density at radius 2 is 1.45 bits per heavy atom. The number of guanidine groups is 1. The lowest BCUT2D eigenvalue weighted by molar-refractivity contribution is -0.141. The van der Waals surface area contributed by atoms with Gasteiger partial charge in [0.2, 0.25) is 29.5 Å². The van der Waals surface area contributed by atoms with E-state index in [2.05, 4.69) is 36.9 Å². The Morgan fingerprint density at radius 1 is 0.851 bits per heavy atom. The van der Waals surface area contributed by atoms with Gasteiger partial charge in [-0.3, -0.25) is 38.6 Å². The van der Waals surface area contributed by atoms with E-state index in [0.717, 1.165) is 0 Å². The summed E-state index contributed by atoms with van der Waals surface area (Å²) in [6.07, 6.45) is 5.31. The minimum absolute atomic E-state index is 0.0356. The molecule has 1 aliphatic heterocycles. The highest BCUT2D eigenvalue weighted by molar-refractivity contribution is 5.98. The number of unbranched alkanes of at least 4 members (excludes halogenated alkanes) is 1. The average Bonchev–Trinajstić information content (AvgIpc) is 3.03. The van der Waals surface area contributed by atoms with Crippen LogP contribution in [0.3, 0.4) is 0 Å². The molecule has 1 aromatic rings. The second-order valence-corrected chi connectivity index (χ2v) is 10.7. The van der Waals surface area contributed by atoms with E-state index in [-0.39, 0.29) is 44.7 Å². The Hall–Kier alpha value is -5.66. The van der Waals surface area contributed by atoms with Gasteiger partial charge in [-0.1, -0.05) is 30.3 Å². The average molecular weight is 656 g/mol. The molecule has 0 unspecified atom stereocenters. The van der Waals surface area contributed by atoms with Gasteiger partial charge in [-0.25, -0.2) is 0 Å². The number of aliphatic carboxylic acids is 1. The van der Waals surface area contributed by atoms with Gasteiger partial charge in [0, 0.05) is 19.5 Å². The molecule has 1 saturated heterocycles. The number of terminal acetylenes is 1. The lowest BCUT2D eigenvalue weighted by Crippen LogP contribution is -2.58. The van der Waals surface area contributed by atoms with Crippen molar-refractivity contribution >= 4 is 47.4 Å². The number of rotatable bonds is 13. The predicted molar refractivity (Wildman–Crippen MR) is 169 cm³/mol. The fraction of sp³-hybridized carbons (Fsp3) is 0.467. The molecule has 47 heavy (non-hydrogen) atoms. The van der Waals surface area contributed by atoms with Crippen molar-refractivity contribution in [3.8, 4) is 12.3 Å². The summed E-state index contributed by atoms with van der Waals surface area (Å²) in [7, 11) is 0. The third-order valence-electron chi connectivity index (χ3n) is 6.92. The van der Waals surface area contributed by atoms with Gasteiger partial charge in [-0.15, -0.1) is 6.42 Å². The predicted octanol–water partition coefficient (Wildman–Crippen LogP) is -3.25. The number of carboxylic acids is 1. The Labute approximate surface area is 271 Å². The van der Waals surface area contributed by atoms with Gasteiger partial charge in [0.05, 0.1) is 13.0 Å². The van der Waals surface area contributed by atoms with Crippen molar-refractivity contribution in [3.05, 3.63) is 35.9 Å². The topological polar surface area (TPSA) is 276 Å². The van der Waals surface area contributed by atoms with Crippen LogP contribution in [0.2, 0.25) is 0 Å². The fourth-order valence-corrected chi connectivity index (χ4v) is 4.56. The molecule has 0 aromatic heterocycles. The first-order chi connectivity index (χ1) is 22.4. The molecule has 0 saturated carbocycles. The summed E-state index contributed by atoms with van der Waals surface area (Å²) in [6.45, 7) is -0.294. The molecule has 1 fully saturated rings. The third-order valence-corrected chi connectivity index (χ3v) is 6.92. The Kier molecular flexibility index (Phi) is 15.7. The number of hydrogen-bond donors (Lipinski definition) is 9. The van der Waals surface area contributed by atoms with E-state index in [1.807, 2.05) is 5.92 Å². The molecule has 0 radical (unpaired) electrons. The zero-order valence-corrected chi connectivity index (χ0v) is 25.8. The summed E-state index contributed by atoms with van der Waals surface area (Å²) in [5.74, 6) is -4.32. The highest BCUT2D eigenvalue weighted by atomic mass is 16.4. The number of amides is 6. The van der Waals surface area contributed by atoms with Gasteiger partial charge in [0.25, 0.3) is 5.91 Å². The van der Waals surface area contributed by atoms with Gasteiger partial charge >= 0.3 is 5.97 Å². The summed E-state index contributed by atoms with van der Waals surface area (Å²) in [4.78, 5) is 93.1. The van der Waals surface area contributed by atoms with Crippen LogP contribution >= 0.6 is 0 Å². The molecule has 11 N–H and O–H groups in total. The monoisotopic (exact) mass is 655 g/mol. The van der Waals surface area contributed by atoms with Crippen LogP contribution in [-0.2, 0) is 40.0 Å². The molecular weight excluding hydrogens is 614 g/mol. The van der Waals surface area contributed by atoms with Crippen molar-refractivity contribution < 1.29 is 38.7 Å². The maximum Gasteiger partial charge on any atom is 0.305 e. The Bertz CT molecular complexity index is 1360. The normalized spacial score (nSPS) is 20.8. The SMILES string of the molecule is C#CC(=O)NCCCC[C@@H]1NC(=O)[C@H](Cc2ccccc2)NC(=O)[C@H](CC(=O)O)NC(=O)CNC(=O)[C@@H](CCCN=C(N)N)NC1=O. The molecule has 1 aliphatic rings. The minimum atomic E-state index is -1.59. The van der Waals surface area contributed by atoms with Crippen LogP contribution in [0, 0.1) is 12.3 Å². The zero-order valence-electron chi connectivity index (χ0n) is 25.8. The number of carboxylic acid groups (broad SMARTS) is 1. The van der Waals surface area contributed by atoms with E-state index in [0.29, 0.717) is 18.4 Å². The van der Waals surface area contributed by atoms with E-state index < -0.39 is 78.5 Å². The number of carbonyl (C=O) groups is 7. The lowest BCUT2D eigenvalue weighted by atomic mass is 10.0. The van der Waals surface area contributed by atoms with Crippen molar-refractivity contribution in [2.45, 2.75) is 69.1 Å². The van der Waals surface area contributed by atoms with Crippen molar-refractivity contribution in [2.75, 3.05) is 19.6 Å². The molecule has 0 bridgehead atoms. The molecule has 0 aliphatic carbocycles. The van der Waals surface area contributed by atoms with Crippen molar-refractivity contribution in [2.24, 2.45) is 16.5 Å². The van der Waals surface area contributed by atoms with Crippen molar-refractivity contribution in [3.63, 3.8) is 0 Å². The smallest absolute Gasteiger partial charge is 0.305 e. The molecule has 17 nitrogen and oxygen atoms in total. The first-order valence-electron chi connectivity index (χ1n) is 14.9. The van der Waals surface area contributed by atoms with Gasteiger partial charge in [-0.2, -0.15) is 0 Å². The fourth-order valence-electron chi connectivity index (χ4n) is 4.56. The summed E-state index contributed by atoms with van der Waals surface area (Å²) < 4.78 is 0. The largest absolute Gasteiger partial charge is 0.481 e. The van der Waals surface area contributed by atoms with E-state index in [9.17, 15) is 38.7 Å². The van der Waals surface area contributed by atoms with Crippen LogP contribution in [0.25, 0.3) is 0 Å². The zero-order chi connectivity index (χ0) is 34.8. The first kappa shape index (κ1) is 37.5. The van der Waals surface area contributed by atoms with Crippen LogP contribution in [-0.4, -0.2) is 96.3 Å². The number of benzene rings is 1. The van der Waals surface area contributed by atoms with Crippen molar-refractivity contribution in [1.29, 1.82) is 0 Å². The van der Waals surface area contributed by atoms with Crippen molar-refractivity contribution in [1.82, 2.24) is 31.9 Å². The van der Waals surface area contributed by atoms with Gasteiger partial charge < -0.3 is 48.5 Å². The molecule has 0 spiro atoms. The molecule has 1 heterocycles.